The molecule has 1 unspecified atom stereocenters. The molecule has 112 valence electrons. The lowest BCUT2D eigenvalue weighted by Gasteiger charge is -2.41. The van der Waals surface area contributed by atoms with Crippen LogP contribution in [0.25, 0.3) is 0 Å². The third kappa shape index (κ3) is 4.63. The summed E-state index contributed by atoms with van der Waals surface area (Å²) in [6.45, 7) is 7.57. The van der Waals surface area contributed by atoms with Crippen LogP contribution in [0.15, 0.2) is 0 Å². The highest BCUT2D eigenvalue weighted by Crippen LogP contribution is 2.23. The van der Waals surface area contributed by atoms with Gasteiger partial charge in [-0.25, -0.2) is 4.79 Å². The summed E-state index contributed by atoms with van der Waals surface area (Å²) in [5.74, 6) is 0. The lowest BCUT2D eigenvalue weighted by atomic mass is 10.1. The number of nitrogens with zero attached hydrogens (tertiary/aromatic N) is 2. The minimum absolute atomic E-state index is 0.158. The fraction of sp³-hybridized carbons (Fsp3) is 0.923. The molecule has 1 saturated heterocycles. The van der Waals surface area contributed by atoms with Crippen molar-refractivity contribution in [1.29, 1.82) is 0 Å². The number of ether oxygens (including phenoxy) is 1. The minimum atomic E-state index is -0.554. The molecule has 19 heavy (non-hydrogen) atoms. The van der Waals surface area contributed by atoms with Crippen molar-refractivity contribution in [3.05, 3.63) is 0 Å². The van der Waals surface area contributed by atoms with Crippen LogP contribution in [0.1, 0.15) is 47.0 Å². The van der Waals surface area contributed by atoms with E-state index in [0.29, 0.717) is 13.0 Å². The number of rotatable bonds is 3. The molecular weight excluding hydrogens is 248 g/mol. The third-order valence-electron chi connectivity index (χ3n) is 3.12. The molecule has 2 atom stereocenters. The normalized spacial score (nSPS) is 22.5. The van der Waals surface area contributed by atoms with Crippen LogP contribution in [0.2, 0.25) is 0 Å². The summed E-state index contributed by atoms with van der Waals surface area (Å²) >= 11 is 0. The van der Waals surface area contributed by atoms with Gasteiger partial charge in [-0.15, -0.1) is 0 Å². The van der Waals surface area contributed by atoms with Crippen LogP contribution < -0.4 is 0 Å². The van der Waals surface area contributed by atoms with Crippen molar-refractivity contribution in [3.8, 4) is 0 Å². The second-order valence-corrected chi connectivity index (χ2v) is 6.06. The fourth-order valence-electron chi connectivity index (χ4n) is 2.10. The average Bonchev–Trinajstić information content (AvgIpc) is 2.35. The number of likely N-dealkylation sites (tertiary alicyclic amines) is 1. The van der Waals surface area contributed by atoms with Crippen LogP contribution >= 0.6 is 0 Å². The third-order valence-corrected chi connectivity index (χ3v) is 3.12. The molecule has 0 spiro atoms. The van der Waals surface area contributed by atoms with Gasteiger partial charge in [-0.2, -0.15) is 5.06 Å². The van der Waals surface area contributed by atoms with Gasteiger partial charge in [0, 0.05) is 6.54 Å². The number of hydroxylamine groups is 2. The number of carbonyl (C=O) groups is 1. The summed E-state index contributed by atoms with van der Waals surface area (Å²) in [6.07, 6.45) is 1.68. The standard InChI is InChI=1S/C13H26N2O4/c1-10(9-16)15(18)11-7-5-6-8-14(11)12(17)19-13(2,3)4/h10-11,16,18H,5-9H2,1-4H3/t10?,11-/m0/s1. The molecule has 1 amide bonds. The summed E-state index contributed by atoms with van der Waals surface area (Å²) in [4.78, 5) is 13.7. The molecule has 0 aromatic rings. The monoisotopic (exact) mass is 274 g/mol. The molecule has 0 saturated carbocycles. The Morgan fingerprint density at radius 3 is 2.63 bits per heavy atom. The SMILES string of the molecule is CC(CO)N(O)[C@H]1CCCCN1C(=O)OC(C)(C)C. The smallest absolute Gasteiger partial charge is 0.411 e. The van der Waals surface area contributed by atoms with Gasteiger partial charge in [0.2, 0.25) is 0 Å². The first-order valence-corrected chi connectivity index (χ1v) is 6.84. The lowest BCUT2D eigenvalue weighted by molar-refractivity contribution is -0.205. The van der Waals surface area contributed by atoms with E-state index in [2.05, 4.69) is 0 Å². The molecule has 1 aliphatic rings. The zero-order valence-electron chi connectivity index (χ0n) is 12.3. The van der Waals surface area contributed by atoms with E-state index in [0.717, 1.165) is 17.9 Å². The topological polar surface area (TPSA) is 73.2 Å². The van der Waals surface area contributed by atoms with E-state index in [9.17, 15) is 10.0 Å². The summed E-state index contributed by atoms with van der Waals surface area (Å²) < 4.78 is 5.36. The molecule has 1 rings (SSSR count). The van der Waals surface area contributed by atoms with Gasteiger partial charge in [-0.3, -0.25) is 4.90 Å². The molecule has 1 heterocycles. The van der Waals surface area contributed by atoms with E-state index in [1.807, 2.05) is 20.8 Å². The molecule has 0 aromatic heterocycles. The minimum Gasteiger partial charge on any atom is -0.444 e. The fourth-order valence-corrected chi connectivity index (χ4v) is 2.10. The van der Waals surface area contributed by atoms with Gasteiger partial charge in [0.15, 0.2) is 0 Å². The van der Waals surface area contributed by atoms with Crippen molar-refractivity contribution in [3.63, 3.8) is 0 Å². The number of piperidine rings is 1. The zero-order chi connectivity index (χ0) is 14.6. The van der Waals surface area contributed by atoms with E-state index < -0.39 is 23.9 Å². The van der Waals surface area contributed by atoms with E-state index in [4.69, 9.17) is 9.84 Å². The average molecular weight is 274 g/mol. The van der Waals surface area contributed by atoms with Crippen molar-refractivity contribution in [2.45, 2.75) is 64.8 Å². The van der Waals surface area contributed by atoms with Gasteiger partial charge in [0.05, 0.1) is 12.6 Å². The predicted molar refractivity (Wildman–Crippen MR) is 70.8 cm³/mol. The summed E-state index contributed by atoms with van der Waals surface area (Å²) in [5, 5.41) is 20.3. The molecule has 0 aliphatic carbocycles. The van der Waals surface area contributed by atoms with Gasteiger partial charge in [-0.05, 0) is 47.0 Å². The second-order valence-electron chi connectivity index (χ2n) is 6.06. The molecule has 6 heteroatoms. The maximum atomic E-state index is 12.1. The molecule has 0 bridgehead atoms. The van der Waals surface area contributed by atoms with Gasteiger partial charge in [0.1, 0.15) is 11.8 Å². The second kappa shape index (κ2) is 6.54. The van der Waals surface area contributed by atoms with Crippen molar-refractivity contribution in [2.75, 3.05) is 13.2 Å². The van der Waals surface area contributed by atoms with Crippen LogP contribution in [0, 0.1) is 0 Å². The highest BCUT2D eigenvalue weighted by atomic mass is 16.6. The Bertz CT molecular complexity index is 304. The van der Waals surface area contributed by atoms with Gasteiger partial charge in [0.25, 0.3) is 0 Å². The molecule has 6 nitrogen and oxygen atoms in total. The highest BCUT2D eigenvalue weighted by molar-refractivity contribution is 5.68. The Morgan fingerprint density at radius 1 is 1.47 bits per heavy atom. The molecular formula is C13H26N2O4. The summed E-state index contributed by atoms with van der Waals surface area (Å²) in [7, 11) is 0. The van der Waals surface area contributed by atoms with E-state index in [1.54, 1.807) is 11.8 Å². The highest BCUT2D eigenvalue weighted by Gasteiger charge is 2.35. The Kier molecular flexibility index (Phi) is 5.58. The predicted octanol–water partition coefficient (Wildman–Crippen LogP) is 1.81. The number of hydrogen-bond donors (Lipinski definition) is 2. The maximum Gasteiger partial charge on any atom is 0.411 e. The first-order chi connectivity index (χ1) is 8.76. The first kappa shape index (κ1) is 16.2. The van der Waals surface area contributed by atoms with Crippen molar-refractivity contribution < 1.29 is 19.8 Å². The number of aliphatic hydroxyl groups is 1. The number of carbonyl (C=O) groups excluding carboxylic acids is 1. The number of hydrogen-bond acceptors (Lipinski definition) is 5. The lowest BCUT2D eigenvalue weighted by Crippen LogP contribution is -2.56. The van der Waals surface area contributed by atoms with Crippen LogP contribution in [-0.2, 0) is 4.74 Å². The van der Waals surface area contributed by atoms with Crippen molar-refractivity contribution in [1.82, 2.24) is 9.96 Å². The van der Waals surface area contributed by atoms with Crippen LogP contribution in [0.4, 0.5) is 4.79 Å². The quantitative estimate of drug-likeness (QED) is 0.768. The molecule has 2 N–H and O–H groups in total. The van der Waals surface area contributed by atoms with Crippen LogP contribution in [0.5, 0.6) is 0 Å². The maximum absolute atomic E-state index is 12.1. The van der Waals surface area contributed by atoms with E-state index in [1.165, 1.54) is 0 Å². The van der Waals surface area contributed by atoms with E-state index in [-0.39, 0.29) is 6.61 Å². The largest absolute Gasteiger partial charge is 0.444 e. The van der Waals surface area contributed by atoms with E-state index >= 15 is 0 Å². The number of aliphatic hydroxyl groups excluding tert-OH is 1. The van der Waals surface area contributed by atoms with Gasteiger partial charge < -0.3 is 15.1 Å². The zero-order valence-corrected chi connectivity index (χ0v) is 12.3. The molecule has 1 aliphatic heterocycles. The Labute approximate surface area is 114 Å². The van der Waals surface area contributed by atoms with Crippen LogP contribution in [0.3, 0.4) is 0 Å². The molecule has 1 fully saturated rings. The van der Waals surface area contributed by atoms with Gasteiger partial charge >= 0.3 is 6.09 Å². The van der Waals surface area contributed by atoms with Gasteiger partial charge in [-0.1, -0.05) is 0 Å². The van der Waals surface area contributed by atoms with Crippen LogP contribution in [-0.4, -0.2) is 57.3 Å². The summed E-state index contributed by atoms with van der Waals surface area (Å²) in [6, 6.07) is -0.409. The van der Waals surface area contributed by atoms with Crippen molar-refractivity contribution in [2.24, 2.45) is 0 Å². The molecule has 0 aromatic carbocycles. The Morgan fingerprint density at radius 2 is 2.11 bits per heavy atom. The molecule has 0 radical (unpaired) electrons. The first-order valence-electron chi connectivity index (χ1n) is 6.84. The van der Waals surface area contributed by atoms with Crippen molar-refractivity contribution >= 4 is 6.09 Å². The number of amides is 1. The Hall–Kier alpha value is -0.850. The summed E-state index contributed by atoms with van der Waals surface area (Å²) in [5.41, 5.74) is -0.554. The Balaban J connectivity index is 2.74.